The van der Waals surface area contributed by atoms with Gasteiger partial charge in [0.15, 0.2) is 0 Å². The summed E-state index contributed by atoms with van der Waals surface area (Å²) < 4.78 is 0. The van der Waals surface area contributed by atoms with Gasteiger partial charge in [0.2, 0.25) is 0 Å². The number of nitrogen functional groups attached to an aromatic ring is 1. The highest BCUT2D eigenvalue weighted by molar-refractivity contribution is 6.19. The summed E-state index contributed by atoms with van der Waals surface area (Å²) in [5.74, 6) is 0. The van der Waals surface area contributed by atoms with E-state index >= 15 is 0 Å². The quantitative estimate of drug-likeness (QED) is 0.281. The second-order valence-corrected chi connectivity index (χ2v) is 6.44. The maximum Gasteiger partial charge on any atom is 0.0393 e. The summed E-state index contributed by atoms with van der Waals surface area (Å²) >= 11 is 0. The number of para-hydroxylation sites is 1. The van der Waals surface area contributed by atoms with Crippen molar-refractivity contribution in [2.45, 2.75) is 0 Å². The van der Waals surface area contributed by atoms with Crippen LogP contribution in [0.1, 0.15) is 0 Å². The molecule has 0 saturated carbocycles. The zero-order chi connectivity index (χ0) is 16.8. The van der Waals surface area contributed by atoms with Crippen LogP contribution in [0, 0.1) is 0 Å². The molecule has 5 aromatic carbocycles. The third kappa shape index (κ3) is 2.10. The molecule has 0 saturated heterocycles. The monoisotopic (exact) mass is 319 g/mol. The SMILES string of the molecule is Nc1ccccc1-c1cccc2c1ccc1c3ccccc3ccc21. The molecule has 5 rings (SSSR count). The molecule has 0 amide bonds. The Bertz CT molecular complexity index is 1250. The molecule has 0 aromatic heterocycles. The minimum Gasteiger partial charge on any atom is -0.398 e. The summed E-state index contributed by atoms with van der Waals surface area (Å²) in [5.41, 5.74) is 9.32. The number of nitrogens with two attached hydrogens (primary N) is 1. The average Bonchev–Trinajstić information content (AvgIpc) is 2.67. The van der Waals surface area contributed by atoms with Crippen LogP contribution in [0.4, 0.5) is 5.69 Å². The molecule has 0 heterocycles. The van der Waals surface area contributed by atoms with Gasteiger partial charge < -0.3 is 5.73 Å². The van der Waals surface area contributed by atoms with Crippen LogP contribution in [0.25, 0.3) is 43.4 Å². The molecule has 0 aliphatic heterocycles. The van der Waals surface area contributed by atoms with Crippen LogP contribution in [-0.2, 0) is 0 Å². The fourth-order valence-corrected chi connectivity index (χ4v) is 3.83. The van der Waals surface area contributed by atoms with Crippen molar-refractivity contribution < 1.29 is 0 Å². The first-order valence-corrected chi connectivity index (χ1v) is 8.51. The van der Waals surface area contributed by atoms with Crippen LogP contribution in [0.5, 0.6) is 0 Å². The molecular weight excluding hydrogens is 302 g/mol. The largest absolute Gasteiger partial charge is 0.398 e. The molecule has 0 atom stereocenters. The summed E-state index contributed by atoms with van der Waals surface area (Å²) in [4.78, 5) is 0. The van der Waals surface area contributed by atoms with Gasteiger partial charge in [0.1, 0.15) is 0 Å². The van der Waals surface area contributed by atoms with Crippen LogP contribution < -0.4 is 5.73 Å². The standard InChI is InChI=1S/C24H17N/c25-24-11-4-3-8-23(24)19-10-5-9-18-21-13-12-16-6-1-2-7-17(16)20(21)14-15-22(18)19/h1-15H,25H2. The Labute approximate surface area is 146 Å². The molecule has 1 heteroatoms. The summed E-state index contributed by atoms with van der Waals surface area (Å²) in [6, 6.07) is 32.0. The second-order valence-electron chi connectivity index (χ2n) is 6.44. The Balaban J connectivity index is 1.91. The van der Waals surface area contributed by atoms with Gasteiger partial charge in [-0.1, -0.05) is 84.9 Å². The van der Waals surface area contributed by atoms with Crippen LogP contribution in [0.2, 0.25) is 0 Å². The molecule has 0 spiro atoms. The van der Waals surface area contributed by atoms with Gasteiger partial charge in [-0.25, -0.2) is 0 Å². The Morgan fingerprint density at radius 1 is 0.400 bits per heavy atom. The van der Waals surface area contributed by atoms with Crippen molar-refractivity contribution in [3.63, 3.8) is 0 Å². The number of benzene rings is 5. The van der Waals surface area contributed by atoms with Crippen molar-refractivity contribution in [1.29, 1.82) is 0 Å². The Hall–Kier alpha value is -3.32. The lowest BCUT2D eigenvalue weighted by Gasteiger charge is -2.12. The van der Waals surface area contributed by atoms with E-state index < -0.39 is 0 Å². The molecule has 1 nitrogen and oxygen atoms in total. The van der Waals surface area contributed by atoms with E-state index in [1.54, 1.807) is 0 Å². The van der Waals surface area contributed by atoms with E-state index in [0.717, 1.165) is 11.3 Å². The van der Waals surface area contributed by atoms with Crippen molar-refractivity contribution in [1.82, 2.24) is 0 Å². The van der Waals surface area contributed by atoms with Gasteiger partial charge in [-0.3, -0.25) is 0 Å². The van der Waals surface area contributed by atoms with Crippen LogP contribution in [0.3, 0.4) is 0 Å². The molecule has 2 N–H and O–H groups in total. The van der Waals surface area contributed by atoms with E-state index in [-0.39, 0.29) is 0 Å². The summed E-state index contributed by atoms with van der Waals surface area (Å²) in [5, 5.41) is 7.66. The van der Waals surface area contributed by atoms with Crippen molar-refractivity contribution >= 4 is 38.0 Å². The van der Waals surface area contributed by atoms with Gasteiger partial charge in [0, 0.05) is 11.3 Å². The van der Waals surface area contributed by atoms with Crippen LogP contribution in [-0.4, -0.2) is 0 Å². The molecule has 25 heavy (non-hydrogen) atoms. The van der Waals surface area contributed by atoms with Crippen LogP contribution in [0.15, 0.2) is 91.0 Å². The predicted octanol–water partition coefficient (Wildman–Crippen LogP) is 6.40. The maximum atomic E-state index is 6.23. The first-order chi connectivity index (χ1) is 12.3. The van der Waals surface area contributed by atoms with E-state index in [9.17, 15) is 0 Å². The molecule has 0 bridgehead atoms. The Kier molecular flexibility index (Phi) is 3.01. The Morgan fingerprint density at radius 3 is 1.92 bits per heavy atom. The topological polar surface area (TPSA) is 26.0 Å². The zero-order valence-electron chi connectivity index (χ0n) is 13.7. The van der Waals surface area contributed by atoms with Gasteiger partial charge in [-0.05, 0) is 43.9 Å². The average molecular weight is 319 g/mol. The number of anilines is 1. The Morgan fingerprint density at radius 2 is 1.00 bits per heavy atom. The van der Waals surface area contributed by atoms with Gasteiger partial charge in [0.05, 0.1) is 0 Å². The first-order valence-electron chi connectivity index (χ1n) is 8.51. The third-order valence-corrected chi connectivity index (χ3v) is 5.03. The normalized spacial score (nSPS) is 11.4. The smallest absolute Gasteiger partial charge is 0.0393 e. The summed E-state index contributed by atoms with van der Waals surface area (Å²) in [7, 11) is 0. The minimum atomic E-state index is 0.814. The molecule has 118 valence electrons. The van der Waals surface area contributed by atoms with E-state index in [4.69, 9.17) is 5.73 Å². The van der Waals surface area contributed by atoms with Crippen LogP contribution >= 0.6 is 0 Å². The molecule has 0 radical (unpaired) electrons. The van der Waals surface area contributed by atoms with Gasteiger partial charge in [-0.15, -0.1) is 0 Å². The molecule has 0 unspecified atom stereocenters. The van der Waals surface area contributed by atoms with E-state index in [0.29, 0.717) is 0 Å². The highest BCUT2D eigenvalue weighted by Gasteiger charge is 2.09. The highest BCUT2D eigenvalue weighted by atomic mass is 14.6. The zero-order valence-corrected chi connectivity index (χ0v) is 13.7. The predicted molar refractivity (Wildman–Crippen MR) is 109 cm³/mol. The van der Waals surface area contributed by atoms with E-state index in [2.05, 4.69) is 72.8 Å². The van der Waals surface area contributed by atoms with Gasteiger partial charge >= 0.3 is 0 Å². The number of fused-ring (bicyclic) bond motifs is 5. The molecule has 5 aromatic rings. The molecule has 0 aliphatic rings. The molecule has 0 fully saturated rings. The molecular formula is C24H17N. The lowest BCUT2D eigenvalue weighted by molar-refractivity contribution is 1.64. The van der Waals surface area contributed by atoms with Crippen molar-refractivity contribution in [2.24, 2.45) is 0 Å². The first kappa shape index (κ1) is 14.1. The fourth-order valence-electron chi connectivity index (χ4n) is 3.83. The summed E-state index contributed by atoms with van der Waals surface area (Å²) in [6.07, 6.45) is 0. The number of hydrogen-bond donors (Lipinski definition) is 1. The van der Waals surface area contributed by atoms with Crippen molar-refractivity contribution in [3.8, 4) is 11.1 Å². The maximum absolute atomic E-state index is 6.23. The van der Waals surface area contributed by atoms with E-state index in [1.807, 2.05) is 18.2 Å². The lowest BCUT2D eigenvalue weighted by Crippen LogP contribution is -1.90. The van der Waals surface area contributed by atoms with Gasteiger partial charge in [0.25, 0.3) is 0 Å². The van der Waals surface area contributed by atoms with Gasteiger partial charge in [-0.2, -0.15) is 0 Å². The summed E-state index contributed by atoms with van der Waals surface area (Å²) in [6.45, 7) is 0. The molecule has 0 aliphatic carbocycles. The number of hydrogen-bond acceptors (Lipinski definition) is 1. The van der Waals surface area contributed by atoms with Crippen molar-refractivity contribution in [3.05, 3.63) is 91.0 Å². The minimum absolute atomic E-state index is 0.814. The lowest BCUT2D eigenvalue weighted by atomic mass is 9.92. The third-order valence-electron chi connectivity index (χ3n) is 5.03. The van der Waals surface area contributed by atoms with Crippen molar-refractivity contribution in [2.75, 3.05) is 5.73 Å². The second kappa shape index (κ2) is 5.35. The number of rotatable bonds is 1. The fraction of sp³-hybridized carbons (Fsp3) is 0. The van der Waals surface area contributed by atoms with E-state index in [1.165, 1.54) is 37.9 Å². The highest BCUT2D eigenvalue weighted by Crippen LogP contribution is 2.37.